The normalized spacial score (nSPS) is 11.0. The largest absolute Gasteiger partial charge is 0.468 e. The first kappa shape index (κ1) is 18.5. The SMILES string of the molecule is O=C(Nc1ccc(OCC(F)(F)F)nc1)c1cc([N+](=O)[O-])ccc1Cl. The van der Waals surface area contributed by atoms with Gasteiger partial charge in [0.25, 0.3) is 11.6 Å². The molecule has 0 atom stereocenters. The van der Waals surface area contributed by atoms with Crippen LogP contribution in [0.1, 0.15) is 10.4 Å². The second kappa shape index (κ2) is 7.34. The minimum Gasteiger partial charge on any atom is -0.468 e. The highest BCUT2D eigenvalue weighted by molar-refractivity contribution is 6.34. The molecule has 25 heavy (non-hydrogen) atoms. The third-order valence-electron chi connectivity index (χ3n) is 2.78. The molecule has 0 saturated carbocycles. The number of aromatic nitrogens is 1. The number of nitrogens with one attached hydrogen (secondary N) is 1. The quantitative estimate of drug-likeness (QED) is 0.633. The van der Waals surface area contributed by atoms with Crippen molar-refractivity contribution in [3.05, 3.63) is 57.2 Å². The van der Waals surface area contributed by atoms with Crippen LogP contribution in [0.2, 0.25) is 5.02 Å². The van der Waals surface area contributed by atoms with Crippen LogP contribution in [0, 0.1) is 10.1 Å². The van der Waals surface area contributed by atoms with Crippen molar-refractivity contribution in [2.45, 2.75) is 6.18 Å². The number of nitro benzene ring substituents is 1. The van der Waals surface area contributed by atoms with E-state index in [1.807, 2.05) is 0 Å². The predicted octanol–water partition coefficient (Wildman–Crippen LogP) is 3.84. The van der Waals surface area contributed by atoms with Gasteiger partial charge in [0.1, 0.15) is 0 Å². The third kappa shape index (κ3) is 5.31. The van der Waals surface area contributed by atoms with E-state index in [2.05, 4.69) is 15.0 Å². The van der Waals surface area contributed by atoms with Crippen LogP contribution in [0.5, 0.6) is 5.88 Å². The molecule has 0 spiro atoms. The maximum atomic E-state index is 12.1. The molecule has 0 aliphatic carbocycles. The molecule has 11 heteroatoms. The number of rotatable bonds is 5. The fourth-order valence-corrected chi connectivity index (χ4v) is 1.90. The van der Waals surface area contributed by atoms with Gasteiger partial charge in [-0.2, -0.15) is 13.2 Å². The third-order valence-corrected chi connectivity index (χ3v) is 3.11. The minimum absolute atomic E-state index is 0.00110. The molecule has 0 fully saturated rings. The molecule has 1 aromatic carbocycles. The molecule has 132 valence electrons. The molecule has 0 saturated heterocycles. The first-order valence-corrected chi connectivity index (χ1v) is 6.94. The maximum Gasteiger partial charge on any atom is 0.422 e. The number of benzene rings is 1. The summed E-state index contributed by atoms with van der Waals surface area (Å²) in [5.41, 5.74) is -0.302. The fourth-order valence-electron chi connectivity index (χ4n) is 1.69. The van der Waals surface area contributed by atoms with Crippen LogP contribution in [0.25, 0.3) is 0 Å². The Bertz CT molecular complexity index is 797. The van der Waals surface area contributed by atoms with Crippen LogP contribution in [0.3, 0.4) is 0 Å². The summed E-state index contributed by atoms with van der Waals surface area (Å²) in [7, 11) is 0. The molecule has 0 aliphatic heterocycles. The lowest BCUT2D eigenvalue weighted by molar-refractivity contribution is -0.384. The topological polar surface area (TPSA) is 94.4 Å². The number of nitrogens with zero attached hydrogens (tertiary/aromatic N) is 2. The number of amides is 1. The van der Waals surface area contributed by atoms with Gasteiger partial charge in [0, 0.05) is 18.2 Å². The van der Waals surface area contributed by atoms with Crippen LogP contribution in [-0.2, 0) is 0 Å². The molecule has 2 rings (SSSR count). The number of pyridine rings is 1. The van der Waals surface area contributed by atoms with Crippen LogP contribution in [0.4, 0.5) is 24.5 Å². The number of carbonyl (C=O) groups is 1. The maximum absolute atomic E-state index is 12.1. The van der Waals surface area contributed by atoms with E-state index >= 15 is 0 Å². The van der Waals surface area contributed by atoms with Gasteiger partial charge in [-0.3, -0.25) is 14.9 Å². The molecule has 0 unspecified atom stereocenters. The highest BCUT2D eigenvalue weighted by Gasteiger charge is 2.28. The zero-order chi connectivity index (χ0) is 18.6. The smallest absolute Gasteiger partial charge is 0.422 e. The molecule has 1 aromatic heterocycles. The van der Waals surface area contributed by atoms with Gasteiger partial charge in [0.2, 0.25) is 5.88 Å². The predicted molar refractivity (Wildman–Crippen MR) is 81.8 cm³/mol. The first-order chi connectivity index (χ1) is 11.7. The summed E-state index contributed by atoms with van der Waals surface area (Å²) in [5, 5.41) is 13.1. The Hall–Kier alpha value is -2.88. The fraction of sp³-hybridized carbons (Fsp3) is 0.143. The van der Waals surface area contributed by atoms with Crippen LogP contribution in [-0.4, -0.2) is 28.6 Å². The Balaban J connectivity index is 2.08. The van der Waals surface area contributed by atoms with Gasteiger partial charge in [-0.05, 0) is 12.1 Å². The average Bonchev–Trinajstić information content (AvgIpc) is 2.53. The van der Waals surface area contributed by atoms with E-state index in [0.717, 1.165) is 24.4 Å². The number of carbonyl (C=O) groups excluding carboxylic acids is 1. The monoisotopic (exact) mass is 375 g/mol. The van der Waals surface area contributed by atoms with E-state index < -0.39 is 23.6 Å². The number of anilines is 1. The van der Waals surface area contributed by atoms with Gasteiger partial charge in [-0.25, -0.2) is 4.98 Å². The summed E-state index contributed by atoms with van der Waals surface area (Å²) in [6.07, 6.45) is -3.41. The molecule has 0 bridgehead atoms. The molecular weight excluding hydrogens is 367 g/mol. The zero-order valence-electron chi connectivity index (χ0n) is 12.2. The standard InChI is InChI=1S/C14H9ClF3N3O4/c15-11-3-2-9(21(23)24)5-10(11)13(22)20-8-1-4-12(19-6-8)25-7-14(16,17)18/h1-6H,7H2,(H,20,22). The molecule has 1 amide bonds. The lowest BCUT2D eigenvalue weighted by atomic mass is 10.2. The summed E-state index contributed by atoms with van der Waals surface area (Å²) < 4.78 is 40.5. The van der Waals surface area contributed by atoms with Crippen molar-refractivity contribution in [2.75, 3.05) is 11.9 Å². The molecule has 7 nitrogen and oxygen atoms in total. The Kier molecular flexibility index (Phi) is 5.42. The Morgan fingerprint density at radius 2 is 2.04 bits per heavy atom. The van der Waals surface area contributed by atoms with E-state index in [0.29, 0.717) is 0 Å². The van der Waals surface area contributed by atoms with Crippen LogP contribution >= 0.6 is 11.6 Å². The van der Waals surface area contributed by atoms with E-state index in [1.54, 1.807) is 0 Å². The molecule has 1 N–H and O–H groups in total. The van der Waals surface area contributed by atoms with Crippen LogP contribution < -0.4 is 10.1 Å². The van der Waals surface area contributed by atoms with Gasteiger partial charge in [-0.1, -0.05) is 11.6 Å². The van der Waals surface area contributed by atoms with E-state index in [-0.39, 0.29) is 27.8 Å². The summed E-state index contributed by atoms with van der Waals surface area (Å²) in [6, 6.07) is 5.76. The lowest BCUT2D eigenvalue weighted by Gasteiger charge is -2.09. The highest BCUT2D eigenvalue weighted by Crippen LogP contribution is 2.23. The molecule has 0 radical (unpaired) electrons. The average molecular weight is 376 g/mol. The zero-order valence-corrected chi connectivity index (χ0v) is 13.0. The molecule has 0 aliphatic rings. The van der Waals surface area contributed by atoms with Crippen molar-refractivity contribution in [3.63, 3.8) is 0 Å². The number of ether oxygens (including phenoxy) is 1. The summed E-state index contributed by atoms with van der Waals surface area (Å²) >= 11 is 5.85. The molecule has 2 aromatic rings. The van der Waals surface area contributed by atoms with Gasteiger partial charge in [0.15, 0.2) is 6.61 Å². The summed E-state index contributed by atoms with van der Waals surface area (Å²) in [4.78, 5) is 25.8. The second-order valence-electron chi connectivity index (χ2n) is 4.66. The van der Waals surface area contributed by atoms with Crippen molar-refractivity contribution in [3.8, 4) is 5.88 Å². The molecular formula is C14H9ClF3N3O4. The number of hydrogen-bond donors (Lipinski definition) is 1. The second-order valence-corrected chi connectivity index (χ2v) is 5.07. The van der Waals surface area contributed by atoms with Crippen molar-refractivity contribution in [1.82, 2.24) is 4.98 Å². The number of halogens is 4. The Morgan fingerprint density at radius 1 is 1.32 bits per heavy atom. The van der Waals surface area contributed by atoms with Crippen molar-refractivity contribution in [2.24, 2.45) is 0 Å². The van der Waals surface area contributed by atoms with Gasteiger partial charge in [0.05, 0.1) is 27.4 Å². The Labute approximate surface area is 143 Å². The van der Waals surface area contributed by atoms with Crippen molar-refractivity contribution >= 4 is 28.9 Å². The first-order valence-electron chi connectivity index (χ1n) is 6.56. The van der Waals surface area contributed by atoms with Gasteiger partial charge in [-0.15, -0.1) is 0 Å². The minimum atomic E-state index is -4.49. The number of hydrogen-bond acceptors (Lipinski definition) is 5. The number of alkyl halides is 3. The summed E-state index contributed by atoms with van der Waals surface area (Å²) in [6.45, 7) is -1.49. The van der Waals surface area contributed by atoms with Gasteiger partial charge >= 0.3 is 6.18 Å². The lowest BCUT2D eigenvalue weighted by Crippen LogP contribution is -2.19. The van der Waals surface area contributed by atoms with Crippen LogP contribution in [0.15, 0.2) is 36.5 Å². The number of nitro groups is 1. The van der Waals surface area contributed by atoms with Crippen molar-refractivity contribution in [1.29, 1.82) is 0 Å². The highest BCUT2D eigenvalue weighted by atomic mass is 35.5. The summed E-state index contributed by atoms with van der Waals surface area (Å²) in [5.74, 6) is -1.01. The van der Waals surface area contributed by atoms with Crippen molar-refractivity contribution < 1.29 is 27.6 Å². The number of non-ortho nitro benzene ring substituents is 1. The van der Waals surface area contributed by atoms with E-state index in [9.17, 15) is 28.1 Å². The van der Waals surface area contributed by atoms with E-state index in [4.69, 9.17) is 11.6 Å². The Morgan fingerprint density at radius 3 is 2.60 bits per heavy atom. The molecule has 1 heterocycles. The van der Waals surface area contributed by atoms with Gasteiger partial charge < -0.3 is 10.1 Å². The van der Waals surface area contributed by atoms with E-state index in [1.165, 1.54) is 12.1 Å².